The first-order valence-corrected chi connectivity index (χ1v) is 17.4. The summed E-state index contributed by atoms with van der Waals surface area (Å²) >= 11 is 0. The maximum atomic E-state index is 14.0. The number of fused-ring (bicyclic) bond motifs is 1. The highest BCUT2D eigenvalue weighted by Crippen LogP contribution is 2.23. The fraction of sp³-hybridized carbons (Fsp3) is 0.324. The number of ketones is 1. The number of anilines is 3. The number of pyridine rings is 1. The normalized spacial score (nSPS) is 15.5. The maximum Gasteiger partial charge on any atom is 0.263 e. The number of sulfone groups is 1. The van der Waals surface area contributed by atoms with E-state index in [9.17, 15) is 18.0 Å². The van der Waals surface area contributed by atoms with Crippen molar-refractivity contribution < 1.29 is 17.7 Å². The lowest BCUT2D eigenvalue weighted by atomic mass is 10.0. The largest absolute Gasteiger partial charge is 0.381 e. The average Bonchev–Trinajstić information content (AvgIpc) is 3.56. The minimum atomic E-state index is -3.87. The molecule has 0 saturated carbocycles. The van der Waals surface area contributed by atoms with E-state index in [1.165, 1.54) is 23.0 Å². The van der Waals surface area contributed by atoms with Crippen LogP contribution in [-0.2, 0) is 16.4 Å². The van der Waals surface area contributed by atoms with Crippen LogP contribution in [0.1, 0.15) is 34.3 Å². The molecule has 2 aromatic carbocycles. The lowest BCUT2D eigenvalue weighted by Crippen LogP contribution is -2.39. The Morgan fingerprint density at radius 2 is 1.81 bits per heavy atom. The van der Waals surface area contributed by atoms with Crippen molar-refractivity contribution in [3.05, 3.63) is 100 Å². The van der Waals surface area contributed by atoms with E-state index in [-0.39, 0.29) is 46.7 Å². The Balaban J connectivity index is 1.35. The molecule has 0 radical (unpaired) electrons. The summed E-state index contributed by atoms with van der Waals surface area (Å²) in [5.41, 5.74) is 1.72. The van der Waals surface area contributed by atoms with E-state index in [1.54, 1.807) is 49.3 Å². The zero-order valence-corrected chi connectivity index (χ0v) is 27.9. The third-order valence-electron chi connectivity index (χ3n) is 8.27. The highest BCUT2D eigenvalue weighted by atomic mass is 32.2. The van der Waals surface area contributed by atoms with Crippen LogP contribution in [0.25, 0.3) is 11.0 Å². The number of nitrogens with zero attached hydrogens (tertiary/aromatic N) is 6. The molecule has 3 aromatic heterocycles. The molecule has 4 heterocycles. The van der Waals surface area contributed by atoms with Crippen LogP contribution in [0.4, 0.5) is 17.3 Å². The van der Waals surface area contributed by atoms with Crippen LogP contribution in [0, 0.1) is 0 Å². The first-order chi connectivity index (χ1) is 23.1. The van der Waals surface area contributed by atoms with Gasteiger partial charge in [0.25, 0.3) is 10.7 Å². The maximum absolute atomic E-state index is 14.0. The van der Waals surface area contributed by atoms with Crippen molar-refractivity contribution in [1.29, 1.82) is 0 Å². The zero-order valence-electron chi connectivity index (χ0n) is 27.1. The van der Waals surface area contributed by atoms with Gasteiger partial charge in [0.15, 0.2) is 5.78 Å². The van der Waals surface area contributed by atoms with E-state index in [2.05, 4.69) is 37.7 Å². The third kappa shape index (κ3) is 7.46. The Bertz CT molecular complexity index is 2080. The molecule has 2 N–H and O–H groups in total. The molecule has 1 aliphatic rings. The van der Waals surface area contributed by atoms with Crippen LogP contribution in [-0.4, -0.2) is 96.3 Å². The summed E-state index contributed by atoms with van der Waals surface area (Å²) in [7, 11) is 1.80. The number of benzene rings is 2. The predicted molar refractivity (Wildman–Crippen MR) is 184 cm³/mol. The molecule has 48 heavy (non-hydrogen) atoms. The highest BCUT2D eigenvalue weighted by molar-refractivity contribution is 7.91. The Labute approximate surface area is 278 Å². The van der Waals surface area contributed by atoms with Crippen LogP contribution in [0.15, 0.2) is 87.5 Å². The number of carbonyl (C=O) groups excluding carboxylic acids is 1. The van der Waals surface area contributed by atoms with Crippen molar-refractivity contribution in [3.63, 3.8) is 0 Å². The lowest BCUT2D eigenvalue weighted by molar-refractivity contribution is 0.103. The van der Waals surface area contributed by atoms with Crippen LogP contribution in [0.3, 0.4) is 0 Å². The molecule has 6 rings (SSSR count). The van der Waals surface area contributed by atoms with Gasteiger partial charge < -0.3 is 25.0 Å². The van der Waals surface area contributed by atoms with Gasteiger partial charge >= 0.3 is 0 Å². The lowest BCUT2D eigenvalue weighted by Gasteiger charge is -2.30. The van der Waals surface area contributed by atoms with E-state index < -0.39 is 21.2 Å². The summed E-state index contributed by atoms with van der Waals surface area (Å²) in [6, 6.07) is 18.1. The van der Waals surface area contributed by atoms with E-state index in [0.717, 1.165) is 37.3 Å². The molecule has 1 unspecified atom stereocenters. The van der Waals surface area contributed by atoms with Gasteiger partial charge in [0.2, 0.25) is 15.8 Å². The Morgan fingerprint density at radius 3 is 2.54 bits per heavy atom. The third-order valence-corrected chi connectivity index (χ3v) is 9.89. The second kappa shape index (κ2) is 14.1. The Hall–Kier alpha value is -4.92. The van der Waals surface area contributed by atoms with E-state index in [0.29, 0.717) is 17.0 Å². The molecule has 1 saturated heterocycles. The first kappa shape index (κ1) is 33.0. The summed E-state index contributed by atoms with van der Waals surface area (Å²) in [5, 5.41) is 10.6. The number of carbonyl (C=O) groups is 1. The molecule has 0 bridgehead atoms. The number of nitrogens with one attached hydrogen (secondary N) is 2. The van der Waals surface area contributed by atoms with Gasteiger partial charge in [0.05, 0.1) is 29.6 Å². The van der Waals surface area contributed by atoms with Crippen LogP contribution in [0.5, 0.6) is 0 Å². The number of aromatic nitrogens is 4. The molecule has 1 fully saturated rings. The topological polar surface area (TPSA) is 156 Å². The van der Waals surface area contributed by atoms with Crippen molar-refractivity contribution in [2.75, 3.05) is 57.2 Å². The summed E-state index contributed by atoms with van der Waals surface area (Å²) in [6.45, 7) is 2.12. The smallest absolute Gasteiger partial charge is 0.263 e. The second-order valence-corrected chi connectivity index (χ2v) is 14.3. The van der Waals surface area contributed by atoms with E-state index in [4.69, 9.17) is 4.52 Å². The van der Waals surface area contributed by atoms with Crippen LogP contribution in [0.2, 0.25) is 0 Å². The highest BCUT2D eigenvalue weighted by Gasteiger charge is 2.26. The minimum absolute atomic E-state index is 0.0984. The van der Waals surface area contributed by atoms with Gasteiger partial charge in [0.1, 0.15) is 5.65 Å². The number of likely N-dealkylation sites (N-methyl/N-ethyl adjacent to an activating group) is 1. The molecule has 250 valence electrons. The monoisotopic (exact) mass is 670 g/mol. The number of rotatable bonds is 12. The molecular formula is C34H38N8O5S. The van der Waals surface area contributed by atoms with Gasteiger partial charge in [-0.15, -0.1) is 0 Å². The fourth-order valence-electron chi connectivity index (χ4n) is 5.75. The molecule has 0 amide bonds. The molecule has 1 aliphatic heterocycles. The van der Waals surface area contributed by atoms with Crippen LogP contribution < -0.4 is 16.2 Å². The summed E-state index contributed by atoms with van der Waals surface area (Å²) in [4.78, 5) is 40.7. The fourth-order valence-corrected chi connectivity index (χ4v) is 7.21. The summed E-state index contributed by atoms with van der Waals surface area (Å²) in [5.74, 6) is -0.459. The summed E-state index contributed by atoms with van der Waals surface area (Å²) in [6.07, 6.45) is 5.08. The molecule has 0 spiro atoms. The van der Waals surface area contributed by atoms with Gasteiger partial charge in [0, 0.05) is 47.7 Å². The summed E-state index contributed by atoms with van der Waals surface area (Å²) < 4.78 is 32.8. The van der Waals surface area contributed by atoms with Crippen molar-refractivity contribution >= 4 is 44.0 Å². The standard InChI is InChI=1S/C34H38N8O5S/c1-40(2)16-17-48(45,46)33-25(20-36-47-33)21-42-31-24(18-29(32(42)44)30(43)23-8-5-4-6-9-23)19-35-34(39-31)38-27-13-11-26(12-14-27)37-28-10-7-15-41(3)22-28/h4-6,8-9,11-14,18-20,28,37H,7,10,15-17,21-22H2,1-3H3,(H,35,38,39). The average molecular weight is 671 g/mol. The molecule has 5 aromatic rings. The van der Waals surface area contributed by atoms with Gasteiger partial charge in [-0.05, 0) is 70.9 Å². The quantitative estimate of drug-likeness (QED) is 0.186. The van der Waals surface area contributed by atoms with Crippen LogP contribution >= 0.6 is 0 Å². The van der Waals surface area contributed by atoms with Gasteiger partial charge in [-0.2, -0.15) is 4.98 Å². The second-order valence-electron chi connectivity index (χ2n) is 12.3. The number of hydrogen-bond donors (Lipinski definition) is 2. The van der Waals surface area contributed by atoms with Gasteiger partial charge in [-0.1, -0.05) is 35.5 Å². The SMILES string of the molecule is CN(C)CCS(=O)(=O)c1oncc1Cn1c(=O)c(C(=O)c2ccccc2)cc2cnc(Nc3ccc(NC4CCCN(C)C4)cc3)nc21. The van der Waals surface area contributed by atoms with Crippen molar-refractivity contribution in [3.8, 4) is 0 Å². The minimum Gasteiger partial charge on any atom is -0.381 e. The Morgan fingerprint density at radius 1 is 1.06 bits per heavy atom. The van der Waals surface area contributed by atoms with Crippen molar-refractivity contribution in [2.24, 2.45) is 0 Å². The predicted octanol–water partition coefficient (Wildman–Crippen LogP) is 3.64. The molecule has 0 aliphatic carbocycles. The van der Waals surface area contributed by atoms with Crippen molar-refractivity contribution in [1.82, 2.24) is 29.5 Å². The van der Waals surface area contributed by atoms with E-state index in [1.807, 2.05) is 24.3 Å². The van der Waals surface area contributed by atoms with Crippen molar-refractivity contribution in [2.45, 2.75) is 30.5 Å². The van der Waals surface area contributed by atoms with E-state index >= 15 is 0 Å². The molecular weight excluding hydrogens is 632 g/mol. The number of likely N-dealkylation sites (tertiary alicyclic amines) is 1. The van der Waals surface area contributed by atoms with Gasteiger partial charge in [-0.25, -0.2) is 13.4 Å². The molecule has 1 atom stereocenters. The number of hydrogen-bond acceptors (Lipinski definition) is 12. The molecule has 13 nitrogen and oxygen atoms in total. The van der Waals surface area contributed by atoms with Gasteiger partial charge in [-0.3, -0.25) is 14.2 Å². The Kier molecular flexibility index (Phi) is 9.66. The zero-order chi connectivity index (χ0) is 33.8. The first-order valence-electron chi connectivity index (χ1n) is 15.7. The number of piperidine rings is 1. The molecule has 14 heteroatoms.